The third-order valence-corrected chi connectivity index (χ3v) is 8.63. The molecular formula is C36H32BNO2. The molecule has 1 saturated heterocycles. The van der Waals surface area contributed by atoms with Crippen LogP contribution in [0, 0.1) is 0 Å². The van der Waals surface area contributed by atoms with Gasteiger partial charge in [-0.1, -0.05) is 84.9 Å². The van der Waals surface area contributed by atoms with Gasteiger partial charge >= 0.3 is 7.12 Å². The summed E-state index contributed by atoms with van der Waals surface area (Å²) in [5.41, 5.74) is 8.62. The molecule has 5 aromatic carbocycles. The average Bonchev–Trinajstić information content (AvgIpc) is 3.42. The highest BCUT2D eigenvalue weighted by Crippen LogP contribution is 2.38. The summed E-state index contributed by atoms with van der Waals surface area (Å²) in [7, 11) is -0.377. The van der Waals surface area contributed by atoms with E-state index >= 15 is 0 Å². The van der Waals surface area contributed by atoms with E-state index in [1.165, 1.54) is 44.2 Å². The van der Waals surface area contributed by atoms with Crippen molar-refractivity contribution in [1.82, 2.24) is 4.57 Å². The number of para-hydroxylation sites is 2. The second-order valence-electron chi connectivity index (χ2n) is 11.7. The van der Waals surface area contributed by atoms with E-state index in [-0.39, 0.29) is 18.3 Å². The predicted molar refractivity (Wildman–Crippen MR) is 167 cm³/mol. The van der Waals surface area contributed by atoms with Crippen molar-refractivity contribution in [1.29, 1.82) is 0 Å². The van der Waals surface area contributed by atoms with E-state index in [1.807, 2.05) is 0 Å². The summed E-state index contributed by atoms with van der Waals surface area (Å²) in [4.78, 5) is 0. The van der Waals surface area contributed by atoms with Crippen molar-refractivity contribution >= 4 is 34.4 Å². The zero-order valence-electron chi connectivity index (χ0n) is 23.4. The van der Waals surface area contributed by atoms with Gasteiger partial charge in [0.05, 0.1) is 22.2 Å². The topological polar surface area (TPSA) is 23.4 Å². The maximum Gasteiger partial charge on any atom is 0.494 e. The van der Waals surface area contributed by atoms with Gasteiger partial charge < -0.3 is 13.9 Å². The molecule has 0 aliphatic carbocycles. The molecule has 0 bridgehead atoms. The van der Waals surface area contributed by atoms with E-state index in [0.29, 0.717) is 0 Å². The van der Waals surface area contributed by atoms with Gasteiger partial charge in [-0.3, -0.25) is 0 Å². The van der Waals surface area contributed by atoms with Crippen LogP contribution in [0.15, 0.2) is 121 Å². The van der Waals surface area contributed by atoms with Gasteiger partial charge in [0.25, 0.3) is 0 Å². The third-order valence-electron chi connectivity index (χ3n) is 8.63. The van der Waals surface area contributed by atoms with Gasteiger partial charge in [-0.15, -0.1) is 0 Å². The molecule has 40 heavy (non-hydrogen) atoms. The molecule has 3 nitrogen and oxygen atoms in total. The van der Waals surface area contributed by atoms with E-state index < -0.39 is 0 Å². The van der Waals surface area contributed by atoms with Crippen LogP contribution < -0.4 is 5.46 Å². The van der Waals surface area contributed by atoms with E-state index in [2.05, 4.69) is 154 Å². The summed E-state index contributed by atoms with van der Waals surface area (Å²) in [5, 5.41) is 2.51. The summed E-state index contributed by atoms with van der Waals surface area (Å²) in [6.07, 6.45) is 0. The highest BCUT2D eigenvalue weighted by Gasteiger charge is 2.51. The zero-order valence-corrected chi connectivity index (χ0v) is 23.4. The molecule has 1 aromatic heterocycles. The number of fused-ring (bicyclic) bond motifs is 3. The zero-order chi connectivity index (χ0) is 27.5. The molecule has 0 amide bonds. The summed E-state index contributed by atoms with van der Waals surface area (Å²) in [6, 6.07) is 43.4. The lowest BCUT2D eigenvalue weighted by molar-refractivity contribution is 0.00578. The molecule has 0 N–H and O–H groups in total. The van der Waals surface area contributed by atoms with Gasteiger partial charge in [0.15, 0.2) is 0 Å². The van der Waals surface area contributed by atoms with Gasteiger partial charge in [-0.25, -0.2) is 0 Å². The molecule has 7 rings (SSSR count). The monoisotopic (exact) mass is 521 g/mol. The Balaban J connectivity index is 1.28. The third kappa shape index (κ3) is 4.07. The molecule has 6 aromatic rings. The highest BCUT2D eigenvalue weighted by molar-refractivity contribution is 6.62. The Morgan fingerprint density at radius 2 is 1.07 bits per heavy atom. The first-order valence-corrected chi connectivity index (χ1v) is 14.0. The van der Waals surface area contributed by atoms with Crippen molar-refractivity contribution in [2.75, 3.05) is 0 Å². The lowest BCUT2D eigenvalue weighted by Crippen LogP contribution is -2.41. The summed E-state index contributed by atoms with van der Waals surface area (Å²) < 4.78 is 15.0. The average molecular weight is 521 g/mol. The molecule has 0 saturated carbocycles. The van der Waals surface area contributed by atoms with Crippen LogP contribution in [-0.2, 0) is 9.31 Å². The molecular weight excluding hydrogens is 489 g/mol. The second-order valence-corrected chi connectivity index (χ2v) is 11.7. The van der Waals surface area contributed by atoms with Crippen LogP contribution in [0.5, 0.6) is 0 Å². The van der Waals surface area contributed by atoms with E-state index in [1.54, 1.807) is 0 Å². The molecule has 1 fully saturated rings. The number of hydrogen-bond acceptors (Lipinski definition) is 2. The van der Waals surface area contributed by atoms with Crippen LogP contribution in [0.1, 0.15) is 27.7 Å². The molecule has 0 unspecified atom stereocenters. The quantitative estimate of drug-likeness (QED) is 0.218. The first kappa shape index (κ1) is 24.9. The first-order valence-electron chi connectivity index (χ1n) is 14.0. The van der Waals surface area contributed by atoms with Crippen molar-refractivity contribution in [2.45, 2.75) is 38.9 Å². The number of hydrogen-bond donors (Lipinski definition) is 0. The Hall–Kier alpha value is -4.12. The largest absolute Gasteiger partial charge is 0.494 e. The number of nitrogens with zero attached hydrogens (tertiary/aromatic N) is 1. The number of rotatable bonds is 4. The van der Waals surface area contributed by atoms with Crippen molar-refractivity contribution in [3.63, 3.8) is 0 Å². The Morgan fingerprint density at radius 3 is 1.80 bits per heavy atom. The lowest BCUT2D eigenvalue weighted by Gasteiger charge is -2.32. The maximum atomic E-state index is 6.32. The van der Waals surface area contributed by atoms with Crippen molar-refractivity contribution in [3.05, 3.63) is 121 Å². The minimum atomic E-state index is -0.377. The SMILES string of the molecule is CC1(C)OB(c2cccc(-c3cccc(-c4ccc5c(c4)c4ccccc4n5-c4ccccc4)c3)c2)OC1(C)C. The lowest BCUT2D eigenvalue weighted by atomic mass is 9.78. The van der Waals surface area contributed by atoms with Gasteiger partial charge in [0.2, 0.25) is 0 Å². The summed E-state index contributed by atoms with van der Waals surface area (Å²) >= 11 is 0. The molecule has 4 heteroatoms. The molecule has 0 atom stereocenters. The van der Waals surface area contributed by atoms with Crippen molar-refractivity contribution < 1.29 is 9.31 Å². The fraction of sp³-hybridized carbons (Fsp3) is 0.167. The summed E-state index contributed by atoms with van der Waals surface area (Å²) in [5.74, 6) is 0. The highest BCUT2D eigenvalue weighted by atomic mass is 16.7. The van der Waals surface area contributed by atoms with E-state index in [9.17, 15) is 0 Å². The Morgan fingerprint density at radius 1 is 0.500 bits per heavy atom. The fourth-order valence-corrected chi connectivity index (χ4v) is 5.73. The Kier molecular flexibility index (Phi) is 5.74. The normalized spacial score (nSPS) is 16.1. The standard InChI is InChI=1S/C36H32BNO2/c1-35(2)36(3,4)40-37(39-35)29-15-11-14-27(23-29)25-12-10-13-26(22-25)28-20-21-34-32(24-28)31-18-8-9-19-33(31)38(34)30-16-6-5-7-17-30/h5-24H,1-4H3. The second kappa shape index (κ2) is 9.23. The van der Waals surface area contributed by atoms with Gasteiger partial charge in [-0.05, 0) is 91.8 Å². The smallest absolute Gasteiger partial charge is 0.399 e. The molecule has 0 spiro atoms. The molecule has 2 heterocycles. The van der Waals surface area contributed by atoms with Crippen LogP contribution in [0.25, 0.3) is 49.7 Å². The molecule has 1 aliphatic rings. The molecule has 1 aliphatic heterocycles. The Labute approximate surface area is 236 Å². The number of benzene rings is 5. The number of aromatic nitrogens is 1. The van der Waals surface area contributed by atoms with Crippen LogP contribution in [-0.4, -0.2) is 22.9 Å². The maximum absolute atomic E-state index is 6.32. The van der Waals surface area contributed by atoms with Crippen LogP contribution >= 0.6 is 0 Å². The molecule has 196 valence electrons. The molecule has 0 radical (unpaired) electrons. The van der Waals surface area contributed by atoms with Crippen molar-refractivity contribution in [3.8, 4) is 27.9 Å². The van der Waals surface area contributed by atoms with Gasteiger partial charge in [-0.2, -0.15) is 0 Å². The fourth-order valence-electron chi connectivity index (χ4n) is 5.73. The van der Waals surface area contributed by atoms with Crippen molar-refractivity contribution in [2.24, 2.45) is 0 Å². The first-order chi connectivity index (χ1) is 19.3. The minimum Gasteiger partial charge on any atom is -0.399 e. The van der Waals surface area contributed by atoms with Gasteiger partial charge in [0.1, 0.15) is 0 Å². The van der Waals surface area contributed by atoms with E-state index in [0.717, 1.165) is 11.0 Å². The minimum absolute atomic E-state index is 0.365. The van der Waals surface area contributed by atoms with Gasteiger partial charge in [0, 0.05) is 16.5 Å². The Bertz CT molecular complexity index is 1850. The summed E-state index contributed by atoms with van der Waals surface area (Å²) in [6.45, 7) is 8.37. The van der Waals surface area contributed by atoms with Crippen LogP contribution in [0.3, 0.4) is 0 Å². The van der Waals surface area contributed by atoms with E-state index in [4.69, 9.17) is 9.31 Å². The van der Waals surface area contributed by atoms with Crippen LogP contribution in [0.2, 0.25) is 0 Å². The van der Waals surface area contributed by atoms with Crippen LogP contribution in [0.4, 0.5) is 0 Å². The predicted octanol–water partition coefficient (Wildman–Crippen LogP) is 8.42.